The number of ether oxygens (including phenoxy) is 1. The van der Waals surface area contributed by atoms with Crippen molar-refractivity contribution < 1.29 is 9.53 Å². The van der Waals surface area contributed by atoms with Gasteiger partial charge in [0.25, 0.3) is 0 Å². The summed E-state index contributed by atoms with van der Waals surface area (Å²) in [4.78, 5) is 19.3. The van der Waals surface area contributed by atoms with E-state index in [1.807, 2.05) is 49.5 Å². The number of para-hydroxylation sites is 1. The third-order valence-electron chi connectivity index (χ3n) is 3.72. The maximum absolute atomic E-state index is 12.0. The lowest BCUT2D eigenvalue weighted by Gasteiger charge is -2.01. The number of carbonyl (C=O) groups is 1. The van der Waals surface area contributed by atoms with Gasteiger partial charge in [0.1, 0.15) is 12.4 Å². The molecule has 0 unspecified atom stereocenters. The first-order valence-corrected chi connectivity index (χ1v) is 8.05. The molecule has 0 fully saturated rings. The lowest BCUT2D eigenvalue weighted by molar-refractivity contribution is -0.120. The molecule has 3 aromatic rings. The van der Waals surface area contributed by atoms with Gasteiger partial charge in [-0.2, -0.15) is 0 Å². The highest BCUT2D eigenvalue weighted by molar-refractivity contribution is 5.88. The van der Waals surface area contributed by atoms with Crippen LogP contribution in [0.4, 0.5) is 0 Å². The molecule has 0 spiro atoms. The van der Waals surface area contributed by atoms with Gasteiger partial charge in [-0.25, -0.2) is 0 Å². The zero-order valence-electron chi connectivity index (χ0n) is 14.0. The molecule has 0 saturated heterocycles. The molecule has 2 N–H and O–H groups in total. The van der Waals surface area contributed by atoms with Crippen molar-refractivity contribution in [2.45, 2.75) is 13.3 Å². The van der Waals surface area contributed by atoms with Gasteiger partial charge < -0.3 is 15.0 Å². The summed E-state index contributed by atoms with van der Waals surface area (Å²) in [5.41, 5.74) is 2.96. The summed E-state index contributed by atoms with van der Waals surface area (Å²) in [5, 5.41) is 3.87. The average molecular weight is 333 g/mol. The molecule has 2 heterocycles. The number of carbonyl (C=O) groups excluding carboxylic acids is 1. The van der Waals surface area contributed by atoms with Crippen LogP contribution in [0.2, 0.25) is 0 Å². The van der Waals surface area contributed by atoms with Gasteiger partial charge in [-0.05, 0) is 30.7 Å². The van der Waals surface area contributed by atoms with Crippen LogP contribution in [0, 0.1) is 18.8 Å². The SMILES string of the molecule is Cc1ccc(OCC#CCNC(=O)Cc2c[nH]c3ccccc23)cn1. The van der Waals surface area contributed by atoms with E-state index in [0.717, 1.165) is 22.2 Å². The lowest BCUT2D eigenvalue weighted by atomic mass is 10.1. The number of hydrogen-bond acceptors (Lipinski definition) is 3. The van der Waals surface area contributed by atoms with Crippen molar-refractivity contribution in [3.8, 4) is 17.6 Å². The van der Waals surface area contributed by atoms with E-state index >= 15 is 0 Å². The zero-order chi connectivity index (χ0) is 17.5. The standard InChI is InChI=1S/C20H19N3O2/c1-15-8-9-17(14-22-15)25-11-5-4-10-21-20(24)12-16-13-23-19-7-3-2-6-18(16)19/h2-3,6-9,13-14,23H,10-12H2,1H3,(H,21,24). The third-order valence-corrected chi connectivity index (χ3v) is 3.72. The summed E-state index contributed by atoms with van der Waals surface area (Å²) in [6.45, 7) is 2.49. The van der Waals surface area contributed by atoms with Gasteiger partial charge >= 0.3 is 0 Å². The molecule has 0 aliphatic carbocycles. The first-order chi connectivity index (χ1) is 12.2. The number of H-pyrrole nitrogens is 1. The highest BCUT2D eigenvalue weighted by atomic mass is 16.5. The number of rotatable bonds is 5. The Hall–Kier alpha value is -3.26. The minimum absolute atomic E-state index is 0.0530. The second kappa shape index (κ2) is 8.02. The van der Waals surface area contributed by atoms with Gasteiger partial charge in [0.15, 0.2) is 0 Å². The number of fused-ring (bicyclic) bond motifs is 1. The topological polar surface area (TPSA) is 67.0 Å². The monoisotopic (exact) mass is 333 g/mol. The third kappa shape index (κ3) is 4.61. The van der Waals surface area contributed by atoms with Crippen LogP contribution in [0.5, 0.6) is 5.75 Å². The Morgan fingerprint density at radius 2 is 2.12 bits per heavy atom. The Kier molecular flexibility index (Phi) is 5.32. The van der Waals surface area contributed by atoms with Crippen molar-refractivity contribution in [1.82, 2.24) is 15.3 Å². The number of aromatic amines is 1. The van der Waals surface area contributed by atoms with Crippen LogP contribution in [-0.2, 0) is 11.2 Å². The first-order valence-electron chi connectivity index (χ1n) is 8.05. The summed E-state index contributed by atoms with van der Waals surface area (Å²) in [6.07, 6.45) is 3.87. The number of nitrogens with zero attached hydrogens (tertiary/aromatic N) is 1. The molecule has 0 bridgehead atoms. The van der Waals surface area contributed by atoms with Crippen LogP contribution in [0.1, 0.15) is 11.3 Å². The van der Waals surface area contributed by atoms with Crippen LogP contribution in [0.15, 0.2) is 48.8 Å². The Morgan fingerprint density at radius 1 is 1.24 bits per heavy atom. The normalized spacial score (nSPS) is 10.1. The molecule has 0 aliphatic heterocycles. The number of amides is 1. The van der Waals surface area contributed by atoms with E-state index in [4.69, 9.17) is 4.74 Å². The van der Waals surface area contributed by atoms with Gasteiger partial charge in [-0.1, -0.05) is 30.0 Å². The van der Waals surface area contributed by atoms with Crippen molar-refractivity contribution in [2.24, 2.45) is 0 Å². The van der Waals surface area contributed by atoms with Crippen molar-refractivity contribution in [3.05, 3.63) is 60.0 Å². The van der Waals surface area contributed by atoms with Gasteiger partial charge in [0.05, 0.1) is 19.2 Å². The Bertz CT molecular complexity index is 917. The van der Waals surface area contributed by atoms with Crippen LogP contribution in [0.25, 0.3) is 10.9 Å². The molecular formula is C20H19N3O2. The van der Waals surface area contributed by atoms with Gasteiger partial charge in [0, 0.05) is 22.8 Å². The summed E-state index contributed by atoms with van der Waals surface area (Å²) in [5.74, 6) is 6.38. The van der Waals surface area contributed by atoms with E-state index in [0.29, 0.717) is 18.7 Å². The fourth-order valence-electron chi connectivity index (χ4n) is 2.43. The van der Waals surface area contributed by atoms with Crippen molar-refractivity contribution in [1.29, 1.82) is 0 Å². The van der Waals surface area contributed by atoms with E-state index in [1.54, 1.807) is 6.20 Å². The summed E-state index contributed by atoms with van der Waals surface area (Å²) < 4.78 is 5.45. The Labute approximate surface area is 146 Å². The van der Waals surface area contributed by atoms with Crippen molar-refractivity contribution in [2.75, 3.05) is 13.2 Å². The summed E-state index contributed by atoms with van der Waals surface area (Å²) in [7, 11) is 0. The Balaban J connectivity index is 1.42. The van der Waals surface area contributed by atoms with E-state index < -0.39 is 0 Å². The van der Waals surface area contributed by atoms with Gasteiger partial charge in [0.2, 0.25) is 5.91 Å². The van der Waals surface area contributed by atoms with Crippen LogP contribution in [0.3, 0.4) is 0 Å². The maximum atomic E-state index is 12.0. The molecule has 0 atom stereocenters. The van der Waals surface area contributed by atoms with E-state index in [-0.39, 0.29) is 12.5 Å². The number of aryl methyl sites for hydroxylation is 1. The molecule has 5 heteroatoms. The van der Waals surface area contributed by atoms with Crippen LogP contribution < -0.4 is 10.1 Å². The molecule has 126 valence electrons. The fraction of sp³-hybridized carbons (Fsp3) is 0.200. The molecule has 2 aromatic heterocycles. The minimum atomic E-state index is -0.0530. The number of hydrogen-bond donors (Lipinski definition) is 2. The Morgan fingerprint density at radius 3 is 2.96 bits per heavy atom. The second-order valence-corrected chi connectivity index (χ2v) is 5.59. The largest absolute Gasteiger partial charge is 0.479 e. The predicted molar refractivity (Wildman–Crippen MR) is 97.3 cm³/mol. The van der Waals surface area contributed by atoms with Crippen molar-refractivity contribution >= 4 is 16.8 Å². The quantitative estimate of drug-likeness (QED) is 0.705. The first kappa shape index (κ1) is 16.6. The molecular weight excluding hydrogens is 314 g/mol. The summed E-state index contributed by atoms with van der Waals surface area (Å²) >= 11 is 0. The average Bonchev–Trinajstić information content (AvgIpc) is 3.02. The van der Waals surface area contributed by atoms with Gasteiger partial charge in [-0.15, -0.1) is 0 Å². The summed E-state index contributed by atoms with van der Waals surface area (Å²) in [6, 6.07) is 11.7. The molecule has 1 amide bonds. The van der Waals surface area contributed by atoms with E-state index in [9.17, 15) is 4.79 Å². The molecule has 25 heavy (non-hydrogen) atoms. The molecule has 0 aliphatic rings. The minimum Gasteiger partial charge on any atom is -0.479 e. The molecule has 0 saturated carbocycles. The highest BCUT2D eigenvalue weighted by Gasteiger charge is 2.07. The molecule has 5 nitrogen and oxygen atoms in total. The number of benzene rings is 1. The second-order valence-electron chi connectivity index (χ2n) is 5.59. The molecule has 3 rings (SSSR count). The highest BCUT2D eigenvalue weighted by Crippen LogP contribution is 2.17. The number of nitrogens with one attached hydrogen (secondary N) is 2. The van der Waals surface area contributed by atoms with Gasteiger partial charge in [-0.3, -0.25) is 9.78 Å². The van der Waals surface area contributed by atoms with Crippen LogP contribution in [-0.4, -0.2) is 29.0 Å². The molecule has 1 aromatic carbocycles. The number of pyridine rings is 1. The van der Waals surface area contributed by atoms with Crippen LogP contribution >= 0.6 is 0 Å². The van der Waals surface area contributed by atoms with E-state index in [2.05, 4.69) is 27.1 Å². The zero-order valence-corrected chi connectivity index (χ0v) is 14.0. The molecule has 0 radical (unpaired) electrons. The predicted octanol–water partition coefficient (Wildman–Crippen LogP) is 2.61. The maximum Gasteiger partial charge on any atom is 0.225 e. The smallest absolute Gasteiger partial charge is 0.225 e. The fourth-order valence-corrected chi connectivity index (χ4v) is 2.43. The van der Waals surface area contributed by atoms with E-state index in [1.165, 1.54) is 0 Å². The number of aromatic nitrogens is 2. The lowest BCUT2D eigenvalue weighted by Crippen LogP contribution is -2.25. The van der Waals surface area contributed by atoms with Crippen molar-refractivity contribution in [3.63, 3.8) is 0 Å².